The van der Waals surface area contributed by atoms with Gasteiger partial charge in [-0.15, -0.1) is 0 Å². The molecule has 0 unspecified atom stereocenters. The van der Waals surface area contributed by atoms with E-state index in [4.69, 9.17) is 18.9 Å². The molecule has 0 amide bonds. The van der Waals surface area contributed by atoms with Gasteiger partial charge in [-0.2, -0.15) is 0 Å². The van der Waals surface area contributed by atoms with E-state index >= 15 is 0 Å². The summed E-state index contributed by atoms with van der Waals surface area (Å²) in [5, 5.41) is 33.3. The van der Waals surface area contributed by atoms with E-state index in [1.165, 1.54) is 39.0 Å². The number of fused-ring (bicyclic) bond motifs is 4. The zero-order valence-electron chi connectivity index (χ0n) is 19.8. The van der Waals surface area contributed by atoms with Crippen LogP contribution in [0.25, 0.3) is 0 Å². The van der Waals surface area contributed by atoms with E-state index in [1.54, 1.807) is 13.8 Å². The second-order valence-electron chi connectivity index (χ2n) is 10.0. The van der Waals surface area contributed by atoms with Crippen molar-refractivity contribution in [2.75, 3.05) is 6.61 Å². The summed E-state index contributed by atoms with van der Waals surface area (Å²) in [6, 6.07) is 0. The minimum atomic E-state index is -2.03. The highest BCUT2D eigenvalue weighted by Crippen LogP contribution is 2.61. The summed E-state index contributed by atoms with van der Waals surface area (Å²) in [5.41, 5.74) is -2.83. The van der Waals surface area contributed by atoms with Crippen molar-refractivity contribution in [1.82, 2.24) is 0 Å². The maximum Gasteiger partial charge on any atom is 0.312 e. The third-order valence-corrected chi connectivity index (χ3v) is 8.07. The molecule has 188 valence electrons. The van der Waals surface area contributed by atoms with Crippen molar-refractivity contribution in [3.8, 4) is 0 Å². The number of ether oxygens (including phenoxy) is 4. The van der Waals surface area contributed by atoms with E-state index < -0.39 is 89.9 Å². The maximum absolute atomic E-state index is 12.7. The van der Waals surface area contributed by atoms with Crippen molar-refractivity contribution in [3.63, 3.8) is 0 Å². The van der Waals surface area contributed by atoms with Gasteiger partial charge in [-0.3, -0.25) is 14.4 Å². The zero-order chi connectivity index (χ0) is 25.2. The molecule has 2 aliphatic heterocycles. The van der Waals surface area contributed by atoms with E-state index in [-0.39, 0.29) is 0 Å². The lowest BCUT2D eigenvalue weighted by atomic mass is 9.54. The number of hydrogen-bond acceptors (Lipinski definition) is 10. The summed E-state index contributed by atoms with van der Waals surface area (Å²) in [7, 11) is 0. The first-order valence-electron chi connectivity index (χ1n) is 11.5. The summed E-state index contributed by atoms with van der Waals surface area (Å²) in [5.74, 6) is -4.35. The van der Waals surface area contributed by atoms with Gasteiger partial charge in [0, 0.05) is 31.1 Å². The van der Waals surface area contributed by atoms with E-state index in [9.17, 15) is 29.7 Å². The summed E-state index contributed by atoms with van der Waals surface area (Å²) >= 11 is 0. The van der Waals surface area contributed by atoms with Crippen molar-refractivity contribution >= 4 is 17.9 Å². The number of aliphatic hydroxyl groups is 3. The molecule has 1 saturated carbocycles. The minimum absolute atomic E-state index is 0.308. The van der Waals surface area contributed by atoms with Crippen molar-refractivity contribution in [2.45, 2.75) is 76.8 Å². The molecule has 0 aromatic carbocycles. The normalized spacial score (nSPS) is 49.8. The SMILES string of the molecule is CC(=O)O[C@@H]1[C@H](C)[C@@H]2[C@@H](OC(C)=O)[C@@]3(O)[C@H](/C=C(CO)\C=C/[C@H](O)[C@@]2(C)[C@H]2O[C@@H]12)OC(=O)[C@@H]3C. The lowest BCUT2D eigenvalue weighted by Crippen LogP contribution is -2.66. The first kappa shape index (κ1) is 24.8. The molecule has 3 fully saturated rings. The van der Waals surface area contributed by atoms with Gasteiger partial charge in [0.1, 0.15) is 18.3 Å². The van der Waals surface area contributed by atoms with Gasteiger partial charge in [-0.1, -0.05) is 26.0 Å². The molecule has 10 nitrogen and oxygen atoms in total. The third-order valence-electron chi connectivity index (χ3n) is 8.07. The van der Waals surface area contributed by atoms with Crippen molar-refractivity contribution in [3.05, 3.63) is 23.8 Å². The fraction of sp³-hybridized carbons (Fsp3) is 0.708. The standard InChI is InChI=1S/C24H32O10/c1-10-17-20(32-13(4)27)24(30)11(2)22(29)33-16(24)8-14(9-25)6-7-15(28)23(17,5)21-19(34-21)18(10)31-12(3)26/h6-8,10-11,15-21,25,28,30H,9H2,1-5H3/b7-6-,14-8+/t10-,11+,15+,16+,17-,18-,19+,20-,21+,23-,24+/m1/s1. The monoisotopic (exact) mass is 480 g/mol. The van der Waals surface area contributed by atoms with Crippen LogP contribution in [0.15, 0.2) is 23.8 Å². The number of hydrogen-bond donors (Lipinski definition) is 3. The van der Waals surface area contributed by atoms with Gasteiger partial charge in [0.15, 0.2) is 11.7 Å². The van der Waals surface area contributed by atoms with Crippen molar-refractivity contribution in [1.29, 1.82) is 0 Å². The van der Waals surface area contributed by atoms with Crippen LogP contribution in [0.1, 0.15) is 34.6 Å². The van der Waals surface area contributed by atoms with Crippen LogP contribution in [0.5, 0.6) is 0 Å². The van der Waals surface area contributed by atoms with Crippen LogP contribution in [0.2, 0.25) is 0 Å². The Morgan fingerprint density at radius 3 is 2.41 bits per heavy atom. The van der Waals surface area contributed by atoms with Gasteiger partial charge in [0.2, 0.25) is 0 Å². The van der Waals surface area contributed by atoms with Crippen molar-refractivity contribution in [2.24, 2.45) is 23.2 Å². The zero-order valence-corrected chi connectivity index (χ0v) is 19.8. The van der Waals surface area contributed by atoms with Gasteiger partial charge >= 0.3 is 17.9 Å². The molecular weight excluding hydrogens is 448 g/mol. The molecule has 0 aromatic rings. The Labute approximate surface area is 197 Å². The maximum atomic E-state index is 12.7. The van der Waals surface area contributed by atoms with Crippen LogP contribution in [-0.4, -0.2) is 82.1 Å². The summed E-state index contributed by atoms with van der Waals surface area (Å²) in [6.07, 6.45) is -1.07. The topological polar surface area (TPSA) is 152 Å². The number of aliphatic hydroxyl groups excluding tert-OH is 2. The Bertz CT molecular complexity index is 942. The lowest BCUT2D eigenvalue weighted by Gasteiger charge is -2.53. The largest absolute Gasteiger partial charge is 0.459 e. The first-order valence-corrected chi connectivity index (χ1v) is 11.5. The molecule has 4 aliphatic rings. The van der Waals surface area contributed by atoms with E-state index in [0.29, 0.717) is 5.57 Å². The van der Waals surface area contributed by atoms with Gasteiger partial charge in [0.25, 0.3) is 0 Å². The Morgan fingerprint density at radius 2 is 1.82 bits per heavy atom. The fourth-order valence-electron chi connectivity index (χ4n) is 6.21. The van der Waals surface area contributed by atoms with E-state index in [2.05, 4.69) is 0 Å². The summed E-state index contributed by atoms with van der Waals surface area (Å²) in [4.78, 5) is 36.8. The molecule has 3 N–H and O–H groups in total. The average Bonchev–Trinajstić information content (AvgIpc) is 3.53. The molecule has 2 heterocycles. The average molecular weight is 481 g/mol. The quantitative estimate of drug-likeness (QED) is 0.287. The van der Waals surface area contributed by atoms with Crippen LogP contribution in [0.3, 0.4) is 0 Å². The van der Waals surface area contributed by atoms with Crippen LogP contribution < -0.4 is 0 Å². The number of carbonyl (C=O) groups excluding carboxylic acids is 3. The lowest BCUT2D eigenvalue weighted by molar-refractivity contribution is -0.216. The summed E-state index contributed by atoms with van der Waals surface area (Å²) < 4.78 is 22.7. The van der Waals surface area contributed by atoms with Gasteiger partial charge in [-0.25, -0.2) is 0 Å². The molecule has 34 heavy (non-hydrogen) atoms. The van der Waals surface area contributed by atoms with Crippen LogP contribution in [0.4, 0.5) is 0 Å². The Balaban J connectivity index is 1.95. The van der Waals surface area contributed by atoms with Crippen LogP contribution in [0, 0.1) is 23.2 Å². The van der Waals surface area contributed by atoms with Gasteiger partial charge < -0.3 is 34.3 Å². The second kappa shape index (κ2) is 8.44. The molecule has 0 radical (unpaired) electrons. The number of esters is 3. The minimum Gasteiger partial charge on any atom is -0.459 e. The van der Waals surface area contributed by atoms with Crippen LogP contribution >= 0.6 is 0 Å². The molecule has 4 rings (SSSR count). The number of carbonyl (C=O) groups is 3. The highest BCUT2D eigenvalue weighted by molar-refractivity contribution is 5.77. The smallest absolute Gasteiger partial charge is 0.312 e. The Hall–Kier alpha value is -2.27. The molecule has 10 heteroatoms. The van der Waals surface area contributed by atoms with Crippen molar-refractivity contribution < 1.29 is 48.7 Å². The Kier molecular flexibility index (Phi) is 6.17. The van der Waals surface area contributed by atoms with Crippen LogP contribution in [-0.2, 0) is 33.3 Å². The highest BCUT2D eigenvalue weighted by Gasteiger charge is 2.74. The predicted molar refractivity (Wildman–Crippen MR) is 115 cm³/mol. The molecule has 0 bridgehead atoms. The second-order valence-corrected chi connectivity index (χ2v) is 10.0. The molecule has 11 atom stereocenters. The molecule has 2 aliphatic carbocycles. The highest BCUT2D eigenvalue weighted by atomic mass is 16.6. The van der Waals surface area contributed by atoms with Gasteiger partial charge in [-0.05, 0) is 18.6 Å². The molecule has 0 aromatic heterocycles. The number of epoxide rings is 1. The van der Waals surface area contributed by atoms with E-state index in [0.717, 1.165) is 0 Å². The fourth-order valence-corrected chi connectivity index (χ4v) is 6.21. The Morgan fingerprint density at radius 1 is 1.18 bits per heavy atom. The third kappa shape index (κ3) is 3.59. The predicted octanol–water partition coefficient (Wildman–Crippen LogP) is 0.0314. The summed E-state index contributed by atoms with van der Waals surface area (Å²) in [6.45, 7) is 7.06. The van der Waals surface area contributed by atoms with Gasteiger partial charge in [0.05, 0.1) is 24.7 Å². The first-order chi connectivity index (χ1) is 15.9. The molecular formula is C24H32O10. The molecule has 0 spiro atoms. The molecule has 2 saturated heterocycles. The number of rotatable bonds is 3. The van der Waals surface area contributed by atoms with E-state index in [1.807, 2.05) is 0 Å².